The van der Waals surface area contributed by atoms with Crippen molar-refractivity contribution >= 4 is 5.65 Å². The molecule has 2 aromatic heterocycles. The number of hydrogen-bond donors (Lipinski definition) is 1. The van der Waals surface area contributed by atoms with Crippen molar-refractivity contribution in [3.8, 4) is 0 Å². The molecule has 6 heteroatoms. The van der Waals surface area contributed by atoms with Gasteiger partial charge in [-0.05, 0) is 29.5 Å². The van der Waals surface area contributed by atoms with Gasteiger partial charge < -0.3 is 5.11 Å². The summed E-state index contributed by atoms with van der Waals surface area (Å²) in [6.45, 7) is 1.71. The van der Waals surface area contributed by atoms with E-state index in [-0.39, 0.29) is 0 Å². The van der Waals surface area contributed by atoms with Crippen LogP contribution in [0, 0.1) is 0 Å². The van der Waals surface area contributed by atoms with Crippen molar-refractivity contribution in [1.29, 1.82) is 0 Å². The number of aromatic nitrogens is 5. The standard InChI is InChI=1S/C7H9N5O/c1-5(13)4-6-2-3-7-8-10-11-12(7)9-6/h2-3,5,13H,4H2,1H3. The van der Waals surface area contributed by atoms with Crippen LogP contribution in [0.2, 0.25) is 0 Å². The summed E-state index contributed by atoms with van der Waals surface area (Å²) in [4.78, 5) is 0. The molecule has 0 saturated carbocycles. The minimum absolute atomic E-state index is 0.401. The van der Waals surface area contributed by atoms with Gasteiger partial charge in [0.1, 0.15) is 0 Å². The Morgan fingerprint density at radius 1 is 1.54 bits per heavy atom. The van der Waals surface area contributed by atoms with E-state index in [2.05, 4.69) is 20.6 Å². The SMILES string of the molecule is CC(O)Cc1ccc2nnnn2n1. The number of rotatable bonds is 2. The number of nitrogens with zero attached hydrogens (tertiary/aromatic N) is 5. The minimum Gasteiger partial charge on any atom is -0.393 e. The summed E-state index contributed by atoms with van der Waals surface area (Å²) in [5.41, 5.74) is 1.38. The Morgan fingerprint density at radius 3 is 3.15 bits per heavy atom. The fraction of sp³-hybridized carbons (Fsp3) is 0.429. The van der Waals surface area contributed by atoms with Crippen LogP contribution in [0.5, 0.6) is 0 Å². The predicted octanol–water partition coefficient (Wildman–Crippen LogP) is -0.557. The Hall–Kier alpha value is -1.56. The van der Waals surface area contributed by atoms with E-state index < -0.39 is 6.10 Å². The van der Waals surface area contributed by atoms with Crippen LogP contribution >= 0.6 is 0 Å². The largest absolute Gasteiger partial charge is 0.393 e. The summed E-state index contributed by atoms with van der Waals surface area (Å²) in [6, 6.07) is 3.57. The molecule has 2 rings (SSSR count). The fourth-order valence-electron chi connectivity index (χ4n) is 1.10. The first-order chi connectivity index (χ1) is 6.25. The molecule has 1 N–H and O–H groups in total. The zero-order chi connectivity index (χ0) is 9.26. The first-order valence-corrected chi connectivity index (χ1v) is 3.98. The van der Waals surface area contributed by atoms with Crippen LogP contribution in [0.15, 0.2) is 12.1 Å². The third-order valence-corrected chi connectivity index (χ3v) is 1.63. The molecule has 0 spiro atoms. The monoisotopic (exact) mass is 179 g/mol. The van der Waals surface area contributed by atoms with Gasteiger partial charge in [-0.1, -0.05) is 0 Å². The first-order valence-electron chi connectivity index (χ1n) is 3.98. The van der Waals surface area contributed by atoms with Crippen molar-refractivity contribution in [1.82, 2.24) is 25.3 Å². The number of aliphatic hydroxyl groups is 1. The predicted molar refractivity (Wildman–Crippen MR) is 44.0 cm³/mol. The minimum atomic E-state index is -0.401. The Morgan fingerprint density at radius 2 is 2.38 bits per heavy atom. The fourth-order valence-corrected chi connectivity index (χ4v) is 1.10. The zero-order valence-corrected chi connectivity index (χ0v) is 7.12. The summed E-state index contributed by atoms with van der Waals surface area (Å²) >= 11 is 0. The quantitative estimate of drug-likeness (QED) is 0.668. The van der Waals surface area contributed by atoms with E-state index in [1.165, 1.54) is 4.63 Å². The molecule has 0 radical (unpaired) electrons. The average molecular weight is 179 g/mol. The van der Waals surface area contributed by atoms with Gasteiger partial charge >= 0.3 is 0 Å². The summed E-state index contributed by atoms with van der Waals surface area (Å²) < 4.78 is 1.34. The highest BCUT2D eigenvalue weighted by Crippen LogP contribution is 2.00. The summed E-state index contributed by atoms with van der Waals surface area (Å²) in [7, 11) is 0. The van der Waals surface area contributed by atoms with Gasteiger partial charge in [0.25, 0.3) is 0 Å². The average Bonchev–Trinajstić information content (AvgIpc) is 2.49. The van der Waals surface area contributed by atoms with Crippen molar-refractivity contribution in [2.45, 2.75) is 19.4 Å². The molecule has 0 bridgehead atoms. The maximum Gasteiger partial charge on any atom is 0.199 e. The molecule has 68 valence electrons. The molecule has 1 unspecified atom stereocenters. The van der Waals surface area contributed by atoms with E-state index in [4.69, 9.17) is 5.11 Å². The van der Waals surface area contributed by atoms with E-state index in [1.807, 2.05) is 0 Å². The van der Waals surface area contributed by atoms with E-state index in [0.717, 1.165) is 5.69 Å². The van der Waals surface area contributed by atoms with Gasteiger partial charge in [0, 0.05) is 6.42 Å². The lowest BCUT2D eigenvalue weighted by molar-refractivity contribution is 0.193. The smallest absolute Gasteiger partial charge is 0.199 e. The molecule has 0 amide bonds. The number of hydrogen-bond acceptors (Lipinski definition) is 5. The van der Waals surface area contributed by atoms with Crippen LogP contribution in [0.25, 0.3) is 5.65 Å². The van der Waals surface area contributed by atoms with Crippen molar-refractivity contribution in [2.75, 3.05) is 0 Å². The highest BCUT2D eigenvalue weighted by Gasteiger charge is 2.03. The molecular weight excluding hydrogens is 170 g/mol. The summed E-state index contributed by atoms with van der Waals surface area (Å²) in [5.74, 6) is 0. The van der Waals surface area contributed by atoms with E-state index >= 15 is 0 Å². The van der Waals surface area contributed by atoms with E-state index in [0.29, 0.717) is 12.1 Å². The summed E-state index contributed by atoms with van der Waals surface area (Å²) in [5, 5.41) is 24.0. The van der Waals surface area contributed by atoms with Gasteiger partial charge in [-0.2, -0.15) is 5.10 Å². The van der Waals surface area contributed by atoms with Crippen LogP contribution in [0.3, 0.4) is 0 Å². The number of tetrazole rings is 1. The molecule has 0 saturated heterocycles. The number of fused-ring (bicyclic) bond motifs is 1. The van der Waals surface area contributed by atoms with Crippen LogP contribution in [0.4, 0.5) is 0 Å². The lowest BCUT2D eigenvalue weighted by atomic mass is 10.2. The second-order valence-corrected chi connectivity index (χ2v) is 2.90. The Balaban J connectivity index is 2.37. The first kappa shape index (κ1) is 8.06. The molecule has 0 aromatic carbocycles. The Labute approximate surface area is 74.2 Å². The lowest BCUT2D eigenvalue weighted by Gasteiger charge is -2.01. The van der Waals surface area contributed by atoms with Crippen LogP contribution < -0.4 is 0 Å². The van der Waals surface area contributed by atoms with Gasteiger partial charge in [-0.3, -0.25) is 0 Å². The van der Waals surface area contributed by atoms with Crippen LogP contribution in [0.1, 0.15) is 12.6 Å². The summed E-state index contributed by atoms with van der Waals surface area (Å²) in [6.07, 6.45) is 0.108. The van der Waals surface area contributed by atoms with Crippen molar-refractivity contribution in [2.24, 2.45) is 0 Å². The second kappa shape index (κ2) is 3.06. The maximum atomic E-state index is 9.13. The van der Waals surface area contributed by atoms with Gasteiger partial charge in [0.15, 0.2) is 5.65 Å². The molecule has 0 aliphatic rings. The van der Waals surface area contributed by atoms with Gasteiger partial charge in [0.2, 0.25) is 0 Å². The van der Waals surface area contributed by atoms with E-state index in [1.54, 1.807) is 19.1 Å². The zero-order valence-electron chi connectivity index (χ0n) is 7.12. The van der Waals surface area contributed by atoms with Crippen LogP contribution in [-0.2, 0) is 6.42 Å². The topological polar surface area (TPSA) is 76.2 Å². The van der Waals surface area contributed by atoms with Crippen LogP contribution in [-0.4, -0.2) is 36.5 Å². The van der Waals surface area contributed by atoms with Crippen molar-refractivity contribution in [3.63, 3.8) is 0 Å². The highest BCUT2D eigenvalue weighted by atomic mass is 16.3. The normalized spacial score (nSPS) is 13.4. The maximum absolute atomic E-state index is 9.13. The van der Waals surface area contributed by atoms with Gasteiger partial charge in [-0.15, -0.1) is 9.73 Å². The van der Waals surface area contributed by atoms with E-state index in [9.17, 15) is 0 Å². The number of aliphatic hydroxyl groups excluding tert-OH is 1. The second-order valence-electron chi connectivity index (χ2n) is 2.90. The molecule has 13 heavy (non-hydrogen) atoms. The molecule has 0 aliphatic carbocycles. The van der Waals surface area contributed by atoms with Crippen molar-refractivity contribution < 1.29 is 5.11 Å². The molecule has 6 nitrogen and oxygen atoms in total. The highest BCUT2D eigenvalue weighted by molar-refractivity contribution is 5.32. The molecule has 2 aromatic rings. The third kappa shape index (κ3) is 1.62. The molecule has 0 aliphatic heterocycles. The van der Waals surface area contributed by atoms with Gasteiger partial charge in [0.05, 0.1) is 11.8 Å². The Bertz CT molecular complexity index is 410. The van der Waals surface area contributed by atoms with Crippen molar-refractivity contribution in [3.05, 3.63) is 17.8 Å². The Kier molecular flexibility index (Phi) is 1.90. The molecule has 0 fully saturated rings. The molecule has 2 heterocycles. The lowest BCUT2D eigenvalue weighted by Crippen LogP contribution is -2.08. The van der Waals surface area contributed by atoms with Gasteiger partial charge in [-0.25, -0.2) is 0 Å². The molecular formula is C7H9N5O. The third-order valence-electron chi connectivity index (χ3n) is 1.63. The molecule has 1 atom stereocenters.